The molecule has 0 radical (unpaired) electrons. The van der Waals surface area contributed by atoms with E-state index >= 15 is 0 Å². The highest BCUT2D eigenvalue weighted by molar-refractivity contribution is 5.78. The molecule has 0 bridgehead atoms. The molecule has 1 saturated heterocycles. The van der Waals surface area contributed by atoms with Crippen LogP contribution in [0.2, 0.25) is 0 Å². The smallest absolute Gasteiger partial charge is 0.304 e. The third-order valence-electron chi connectivity index (χ3n) is 3.47. The van der Waals surface area contributed by atoms with E-state index in [2.05, 4.69) is 5.32 Å². The number of aliphatic carboxylic acids is 1. The Morgan fingerprint density at radius 3 is 2.40 bits per heavy atom. The van der Waals surface area contributed by atoms with Gasteiger partial charge in [0, 0.05) is 31.3 Å². The monoisotopic (exact) mass is 286 g/mol. The highest BCUT2D eigenvalue weighted by atomic mass is 16.5. The van der Waals surface area contributed by atoms with Crippen LogP contribution in [0.1, 0.15) is 40.0 Å². The van der Waals surface area contributed by atoms with Crippen molar-refractivity contribution in [2.24, 2.45) is 0 Å². The fourth-order valence-electron chi connectivity index (χ4n) is 2.17. The molecule has 0 saturated carbocycles. The minimum absolute atomic E-state index is 0.0435. The van der Waals surface area contributed by atoms with Crippen molar-refractivity contribution < 1.29 is 19.4 Å². The van der Waals surface area contributed by atoms with Crippen molar-refractivity contribution in [3.05, 3.63) is 0 Å². The fourth-order valence-corrected chi connectivity index (χ4v) is 2.17. The molecule has 116 valence electrons. The first-order chi connectivity index (χ1) is 9.29. The zero-order valence-corrected chi connectivity index (χ0v) is 12.6. The minimum atomic E-state index is -0.843. The summed E-state index contributed by atoms with van der Waals surface area (Å²) in [5.41, 5.74) is -0.234. The van der Waals surface area contributed by atoms with Gasteiger partial charge in [-0.2, -0.15) is 0 Å². The summed E-state index contributed by atoms with van der Waals surface area (Å²) in [4.78, 5) is 24.7. The van der Waals surface area contributed by atoms with Gasteiger partial charge in [-0.25, -0.2) is 0 Å². The van der Waals surface area contributed by atoms with Gasteiger partial charge in [-0.3, -0.25) is 14.5 Å². The van der Waals surface area contributed by atoms with Crippen LogP contribution < -0.4 is 5.32 Å². The van der Waals surface area contributed by atoms with Crippen LogP contribution in [0.5, 0.6) is 0 Å². The number of rotatable bonds is 6. The number of nitrogens with zero attached hydrogens (tertiary/aromatic N) is 1. The lowest BCUT2D eigenvalue weighted by Gasteiger charge is -2.35. The molecule has 6 heteroatoms. The van der Waals surface area contributed by atoms with Crippen molar-refractivity contribution in [3.8, 4) is 0 Å². The number of carbonyl (C=O) groups excluding carboxylic acids is 1. The summed E-state index contributed by atoms with van der Waals surface area (Å²) >= 11 is 0. The van der Waals surface area contributed by atoms with Crippen molar-refractivity contribution in [2.75, 3.05) is 26.3 Å². The highest BCUT2D eigenvalue weighted by Gasteiger charge is 2.25. The largest absolute Gasteiger partial charge is 0.481 e. The normalized spacial score (nSPS) is 17.2. The summed E-state index contributed by atoms with van der Waals surface area (Å²) in [6.07, 6.45) is 1.73. The Balaban J connectivity index is 2.46. The zero-order chi connectivity index (χ0) is 15.2. The number of nitrogens with one attached hydrogen (secondary N) is 1. The number of hydrogen-bond donors (Lipinski definition) is 2. The Kier molecular flexibility index (Phi) is 6.42. The van der Waals surface area contributed by atoms with Gasteiger partial charge in [0.1, 0.15) is 0 Å². The second-order valence-corrected chi connectivity index (χ2v) is 6.19. The van der Waals surface area contributed by atoms with Crippen molar-refractivity contribution in [1.29, 1.82) is 0 Å². The number of carbonyl (C=O) groups is 2. The molecule has 0 spiro atoms. The Morgan fingerprint density at radius 1 is 1.30 bits per heavy atom. The number of hydrogen-bond acceptors (Lipinski definition) is 4. The maximum atomic E-state index is 12.1. The first-order valence-electron chi connectivity index (χ1n) is 7.13. The molecule has 1 aliphatic heterocycles. The van der Waals surface area contributed by atoms with E-state index in [1.54, 1.807) is 0 Å². The van der Waals surface area contributed by atoms with Crippen LogP contribution in [0.3, 0.4) is 0 Å². The quantitative estimate of drug-likeness (QED) is 0.757. The minimum Gasteiger partial charge on any atom is -0.481 e. The van der Waals surface area contributed by atoms with E-state index in [9.17, 15) is 9.59 Å². The van der Waals surface area contributed by atoms with Crippen molar-refractivity contribution in [2.45, 2.75) is 51.6 Å². The predicted molar refractivity (Wildman–Crippen MR) is 75.6 cm³/mol. The van der Waals surface area contributed by atoms with Crippen LogP contribution >= 0.6 is 0 Å². The molecule has 0 unspecified atom stereocenters. The molecule has 0 aromatic rings. The van der Waals surface area contributed by atoms with Crippen LogP contribution in [0, 0.1) is 0 Å². The van der Waals surface area contributed by atoms with Crippen LogP contribution in [-0.2, 0) is 14.3 Å². The average Bonchev–Trinajstić information content (AvgIpc) is 2.34. The van der Waals surface area contributed by atoms with Crippen LogP contribution in [0.25, 0.3) is 0 Å². The standard InChI is InChI=1S/C14H26N2O4/c1-14(2,3)16(7-4-13(18)19)10-12(17)15-11-5-8-20-9-6-11/h11H,4-10H2,1-3H3,(H,15,17)(H,18,19). The molecule has 0 aromatic heterocycles. The van der Waals surface area contributed by atoms with E-state index in [4.69, 9.17) is 9.84 Å². The Morgan fingerprint density at radius 2 is 1.90 bits per heavy atom. The number of carboxylic acid groups (broad SMARTS) is 1. The molecule has 20 heavy (non-hydrogen) atoms. The van der Waals surface area contributed by atoms with Gasteiger partial charge in [0.15, 0.2) is 0 Å². The number of amides is 1. The molecule has 0 aliphatic carbocycles. The lowest BCUT2D eigenvalue weighted by Crippen LogP contribution is -2.50. The highest BCUT2D eigenvalue weighted by Crippen LogP contribution is 2.13. The third-order valence-corrected chi connectivity index (χ3v) is 3.47. The molecular weight excluding hydrogens is 260 g/mol. The van der Waals surface area contributed by atoms with E-state index < -0.39 is 5.97 Å². The van der Waals surface area contributed by atoms with Crippen LogP contribution in [0.4, 0.5) is 0 Å². The summed E-state index contributed by atoms with van der Waals surface area (Å²) in [7, 11) is 0. The maximum absolute atomic E-state index is 12.1. The average molecular weight is 286 g/mol. The fraction of sp³-hybridized carbons (Fsp3) is 0.857. The molecule has 1 heterocycles. The molecule has 6 nitrogen and oxygen atoms in total. The molecule has 2 N–H and O–H groups in total. The maximum Gasteiger partial charge on any atom is 0.304 e. The molecule has 0 aromatic carbocycles. The molecular formula is C14H26N2O4. The van der Waals surface area contributed by atoms with Gasteiger partial charge in [0.2, 0.25) is 5.91 Å². The lowest BCUT2D eigenvalue weighted by molar-refractivity contribution is -0.138. The Labute approximate surface area is 120 Å². The summed E-state index contributed by atoms with van der Waals surface area (Å²) in [6.45, 7) is 7.93. The van der Waals surface area contributed by atoms with E-state index in [1.165, 1.54) is 0 Å². The molecule has 1 rings (SSSR count). The van der Waals surface area contributed by atoms with E-state index in [-0.39, 0.29) is 30.5 Å². The van der Waals surface area contributed by atoms with Gasteiger partial charge in [0.05, 0.1) is 13.0 Å². The summed E-state index contributed by atoms with van der Waals surface area (Å²) < 4.78 is 5.25. The number of carboxylic acids is 1. The second kappa shape index (κ2) is 7.59. The summed E-state index contributed by atoms with van der Waals surface area (Å²) in [5.74, 6) is -0.888. The lowest BCUT2D eigenvalue weighted by atomic mass is 10.1. The van der Waals surface area contributed by atoms with Gasteiger partial charge in [-0.05, 0) is 33.6 Å². The molecule has 1 aliphatic rings. The van der Waals surface area contributed by atoms with E-state index in [1.807, 2.05) is 25.7 Å². The van der Waals surface area contributed by atoms with Gasteiger partial charge < -0.3 is 15.2 Å². The van der Waals surface area contributed by atoms with Gasteiger partial charge in [-0.15, -0.1) is 0 Å². The van der Waals surface area contributed by atoms with Gasteiger partial charge in [-0.1, -0.05) is 0 Å². The topological polar surface area (TPSA) is 78.9 Å². The molecule has 0 atom stereocenters. The molecule has 1 amide bonds. The Bertz CT molecular complexity index is 333. The second-order valence-electron chi connectivity index (χ2n) is 6.19. The first-order valence-corrected chi connectivity index (χ1v) is 7.13. The van der Waals surface area contributed by atoms with Gasteiger partial charge in [0.25, 0.3) is 0 Å². The third kappa shape index (κ3) is 6.34. The Hall–Kier alpha value is -1.14. The van der Waals surface area contributed by atoms with E-state index in [0.29, 0.717) is 19.8 Å². The number of ether oxygens (including phenoxy) is 1. The van der Waals surface area contributed by atoms with Crippen molar-refractivity contribution in [1.82, 2.24) is 10.2 Å². The van der Waals surface area contributed by atoms with Crippen molar-refractivity contribution in [3.63, 3.8) is 0 Å². The van der Waals surface area contributed by atoms with Crippen LogP contribution in [0.15, 0.2) is 0 Å². The predicted octanol–water partition coefficient (Wildman–Crippen LogP) is 0.857. The van der Waals surface area contributed by atoms with Gasteiger partial charge >= 0.3 is 5.97 Å². The SMILES string of the molecule is CC(C)(C)N(CCC(=O)O)CC(=O)NC1CCOCC1. The van der Waals surface area contributed by atoms with E-state index in [0.717, 1.165) is 12.8 Å². The summed E-state index contributed by atoms with van der Waals surface area (Å²) in [6, 6.07) is 0.178. The molecule has 1 fully saturated rings. The van der Waals surface area contributed by atoms with Crippen LogP contribution in [-0.4, -0.2) is 59.8 Å². The summed E-state index contributed by atoms with van der Waals surface area (Å²) in [5, 5.41) is 11.8. The van der Waals surface area contributed by atoms with Crippen molar-refractivity contribution >= 4 is 11.9 Å². The zero-order valence-electron chi connectivity index (χ0n) is 12.6. The first kappa shape index (κ1) is 16.9.